The van der Waals surface area contributed by atoms with Crippen LogP contribution < -0.4 is 0 Å². The average molecular weight is 248 g/mol. The monoisotopic (exact) mass is 248 g/mol. The van der Waals surface area contributed by atoms with E-state index in [1.54, 1.807) is 17.0 Å². The Balaban J connectivity index is 2.32. The lowest BCUT2D eigenvalue weighted by Crippen LogP contribution is -2.07. The molecule has 0 bridgehead atoms. The number of imidazole rings is 1. The minimum Gasteiger partial charge on any atom is -0.465 e. The smallest absolute Gasteiger partial charge is 0.337 e. The van der Waals surface area contributed by atoms with Gasteiger partial charge in [0.1, 0.15) is 11.6 Å². The van der Waals surface area contributed by atoms with Crippen LogP contribution in [0.4, 0.5) is 4.39 Å². The third-order valence-corrected chi connectivity index (χ3v) is 2.73. The van der Waals surface area contributed by atoms with Crippen molar-refractivity contribution in [2.24, 2.45) is 0 Å². The molecule has 1 aromatic heterocycles. The molecule has 0 saturated heterocycles. The van der Waals surface area contributed by atoms with Gasteiger partial charge in [0, 0.05) is 18.0 Å². The zero-order valence-corrected chi connectivity index (χ0v) is 10.2. The van der Waals surface area contributed by atoms with Crippen molar-refractivity contribution >= 4 is 5.97 Å². The van der Waals surface area contributed by atoms with Crippen molar-refractivity contribution < 1.29 is 13.9 Å². The lowest BCUT2D eigenvalue weighted by Gasteiger charge is -2.08. The first-order valence-corrected chi connectivity index (χ1v) is 5.46. The van der Waals surface area contributed by atoms with Crippen LogP contribution in [0.25, 0.3) is 0 Å². The maximum atomic E-state index is 13.7. The standard InChI is InChI=1S/C13H13FN2O2/c1-9-15-5-6-16(9)8-11-7-10(13(17)18-2)3-4-12(11)14/h3-7H,8H2,1-2H3. The van der Waals surface area contributed by atoms with Crippen LogP contribution in [-0.2, 0) is 11.3 Å². The van der Waals surface area contributed by atoms with Crippen molar-refractivity contribution in [2.75, 3.05) is 7.11 Å². The highest BCUT2D eigenvalue weighted by Crippen LogP contribution is 2.14. The van der Waals surface area contributed by atoms with Crippen molar-refractivity contribution in [3.8, 4) is 0 Å². The number of carbonyl (C=O) groups excluding carboxylic acids is 1. The van der Waals surface area contributed by atoms with Crippen LogP contribution in [0.1, 0.15) is 21.7 Å². The zero-order valence-electron chi connectivity index (χ0n) is 10.2. The fourth-order valence-electron chi connectivity index (χ4n) is 1.70. The second-order valence-corrected chi connectivity index (χ2v) is 3.90. The van der Waals surface area contributed by atoms with E-state index >= 15 is 0 Å². The zero-order chi connectivity index (χ0) is 13.1. The summed E-state index contributed by atoms with van der Waals surface area (Å²) in [6.45, 7) is 2.17. The second-order valence-electron chi connectivity index (χ2n) is 3.90. The van der Waals surface area contributed by atoms with Crippen LogP contribution in [-0.4, -0.2) is 22.6 Å². The molecule has 0 aliphatic heterocycles. The third kappa shape index (κ3) is 2.40. The van der Waals surface area contributed by atoms with Gasteiger partial charge >= 0.3 is 5.97 Å². The van der Waals surface area contributed by atoms with E-state index in [1.807, 2.05) is 6.92 Å². The van der Waals surface area contributed by atoms with Gasteiger partial charge in [-0.15, -0.1) is 0 Å². The number of carbonyl (C=O) groups is 1. The number of nitrogens with zero attached hydrogens (tertiary/aromatic N) is 2. The van der Waals surface area contributed by atoms with Gasteiger partial charge in [-0.2, -0.15) is 0 Å². The van der Waals surface area contributed by atoms with Gasteiger partial charge in [0.05, 0.1) is 19.2 Å². The van der Waals surface area contributed by atoms with E-state index in [-0.39, 0.29) is 5.82 Å². The summed E-state index contributed by atoms with van der Waals surface area (Å²) < 4.78 is 20.1. The summed E-state index contributed by atoms with van der Waals surface area (Å²) in [6.07, 6.45) is 3.41. The van der Waals surface area contributed by atoms with Crippen molar-refractivity contribution in [2.45, 2.75) is 13.5 Å². The molecule has 0 aliphatic carbocycles. The number of hydrogen-bond acceptors (Lipinski definition) is 3. The molecule has 0 aliphatic rings. The highest BCUT2D eigenvalue weighted by Gasteiger charge is 2.10. The number of rotatable bonds is 3. The summed E-state index contributed by atoms with van der Waals surface area (Å²) in [5.74, 6) is -0.0350. The summed E-state index contributed by atoms with van der Waals surface area (Å²) >= 11 is 0. The highest BCUT2D eigenvalue weighted by atomic mass is 19.1. The number of aryl methyl sites for hydroxylation is 1. The van der Waals surface area contributed by atoms with E-state index in [0.717, 1.165) is 5.82 Å². The molecule has 0 amide bonds. The number of benzene rings is 1. The van der Waals surface area contributed by atoms with Gasteiger partial charge in [0.25, 0.3) is 0 Å². The lowest BCUT2D eigenvalue weighted by atomic mass is 10.1. The molecule has 0 radical (unpaired) electrons. The first kappa shape index (κ1) is 12.3. The molecule has 0 fully saturated rings. The Morgan fingerprint density at radius 1 is 1.50 bits per heavy atom. The Hall–Kier alpha value is -2.17. The molecule has 94 valence electrons. The topological polar surface area (TPSA) is 44.1 Å². The van der Waals surface area contributed by atoms with E-state index in [9.17, 15) is 9.18 Å². The van der Waals surface area contributed by atoms with Crippen LogP contribution in [0.15, 0.2) is 30.6 Å². The molecule has 1 aromatic carbocycles. The minimum absolute atomic E-state index is 0.336. The molecule has 5 heteroatoms. The van der Waals surface area contributed by atoms with Gasteiger partial charge in [0.2, 0.25) is 0 Å². The average Bonchev–Trinajstić information content (AvgIpc) is 2.77. The van der Waals surface area contributed by atoms with Crippen molar-refractivity contribution in [1.82, 2.24) is 9.55 Å². The van der Waals surface area contributed by atoms with E-state index in [1.165, 1.54) is 25.3 Å². The Morgan fingerprint density at radius 2 is 2.28 bits per heavy atom. The fourth-order valence-corrected chi connectivity index (χ4v) is 1.70. The SMILES string of the molecule is COC(=O)c1ccc(F)c(Cn2ccnc2C)c1. The van der Waals surface area contributed by atoms with Gasteiger partial charge in [0.15, 0.2) is 0 Å². The van der Waals surface area contributed by atoms with Crippen LogP contribution in [0.3, 0.4) is 0 Å². The molecule has 1 heterocycles. The van der Waals surface area contributed by atoms with E-state index in [4.69, 9.17) is 0 Å². The number of esters is 1. The number of hydrogen-bond donors (Lipinski definition) is 0. The molecular formula is C13H13FN2O2. The number of aromatic nitrogens is 2. The number of halogens is 1. The fraction of sp³-hybridized carbons (Fsp3) is 0.231. The number of methoxy groups -OCH3 is 1. The summed E-state index contributed by atoms with van der Waals surface area (Å²) in [7, 11) is 1.30. The minimum atomic E-state index is -0.474. The molecule has 18 heavy (non-hydrogen) atoms. The van der Waals surface area contributed by atoms with Gasteiger partial charge in [-0.25, -0.2) is 14.2 Å². The molecule has 0 atom stereocenters. The van der Waals surface area contributed by atoms with Gasteiger partial charge in [-0.1, -0.05) is 0 Å². The Labute approximate surface area is 104 Å². The van der Waals surface area contributed by atoms with E-state index in [2.05, 4.69) is 9.72 Å². The van der Waals surface area contributed by atoms with Crippen LogP contribution in [0.5, 0.6) is 0 Å². The van der Waals surface area contributed by atoms with Crippen molar-refractivity contribution in [3.63, 3.8) is 0 Å². The normalized spacial score (nSPS) is 10.4. The number of ether oxygens (including phenoxy) is 1. The van der Waals surface area contributed by atoms with Crippen molar-refractivity contribution in [3.05, 3.63) is 53.4 Å². The van der Waals surface area contributed by atoms with Crippen LogP contribution in [0.2, 0.25) is 0 Å². The molecule has 0 spiro atoms. The Morgan fingerprint density at radius 3 is 2.89 bits per heavy atom. The molecule has 0 unspecified atom stereocenters. The summed E-state index contributed by atoms with van der Waals surface area (Å²) in [5.41, 5.74) is 0.769. The molecule has 2 rings (SSSR count). The van der Waals surface area contributed by atoms with E-state index in [0.29, 0.717) is 17.7 Å². The predicted molar refractivity (Wildman–Crippen MR) is 63.8 cm³/mol. The molecular weight excluding hydrogens is 235 g/mol. The van der Waals surface area contributed by atoms with Crippen LogP contribution in [0, 0.1) is 12.7 Å². The van der Waals surface area contributed by atoms with Crippen LogP contribution >= 0.6 is 0 Å². The summed E-state index contributed by atoms with van der Waals surface area (Å²) in [5, 5.41) is 0. The Bertz CT molecular complexity index is 578. The summed E-state index contributed by atoms with van der Waals surface area (Å²) in [6, 6.07) is 4.18. The van der Waals surface area contributed by atoms with Crippen molar-refractivity contribution in [1.29, 1.82) is 0 Å². The quantitative estimate of drug-likeness (QED) is 0.782. The second kappa shape index (κ2) is 5.00. The molecule has 2 aromatic rings. The van der Waals surface area contributed by atoms with Gasteiger partial charge in [-0.05, 0) is 25.1 Å². The van der Waals surface area contributed by atoms with Gasteiger partial charge in [-0.3, -0.25) is 0 Å². The maximum absolute atomic E-state index is 13.7. The van der Waals surface area contributed by atoms with Gasteiger partial charge < -0.3 is 9.30 Å². The first-order chi connectivity index (χ1) is 8.61. The Kier molecular flexibility index (Phi) is 3.41. The third-order valence-electron chi connectivity index (χ3n) is 2.73. The summed E-state index contributed by atoms with van der Waals surface area (Å²) in [4.78, 5) is 15.4. The largest absolute Gasteiger partial charge is 0.465 e. The molecule has 0 saturated carbocycles. The molecule has 4 nitrogen and oxygen atoms in total. The lowest BCUT2D eigenvalue weighted by molar-refractivity contribution is 0.0600. The highest BCUT2D eigenvalue weighted by molar-refractivity contribution is 5.89. The van der Waals surface area contributed by atoms with E-state index < -0.39 is 5.97 Å². The maximum Gasteiger partial charge on any atom is 0.337 e. The molecule has 0 N–H and O–H groups in total. The predicted octanol–water partition coefficient (Wildman–Crippen LogP) is 2.17. The first-order valence-electron chi connectivity index (χ1n) is 5.46.